The molecule has 1 aliphatic heterocycles. The van der Waals surface area contributed by atoms with Gasteiger partial charge in [-0.1, -0.05) is 6.42 Å². The molecule has 3 rings (SSSR count). The highest BCUT2D eigenvalue weighted by Gasteiger charge is 2.40. The van der Waals surface area contributed by atoms with Gasteiger partial charge in [-0.2, -0.15) is 0 Å². The molecular weight excluding hydrogens is 294 g/mol. The molecule has 1 amide bonds. The van der Waals surface area contributed by atoms with Gasteiger partial charge in [0.15, 0.2) is 0 Å². The maximum atomic E-state index is 12.8. The predicted octanol–water partition coefficient (Wildman–Crippen LogP) is 1.40. The molecule has 1 aromatic heterocycles. The molecule has 0 N–H and O–H groups in total. The molecule has 0 unspecified atom stereocenters. The molecule has 0 bridgehead atoms. The number of nitrogens with zero attached hydrogens (tertiary/aromatic N) is 3. The molecule has 2 aliphatic rings. The molecule has 3 atom stereocenters. The van der Waals surface area contributed by atoms with E-state index in [1.54, 1.807) is 13.4 Å². The summed E-state index contributed by atoms with van der Waals surface area (Å²) in [6.45, 7) is 1.97. The smallest absolute Gasteiger partial charge is 0.223 e. The van der Waals surface area contributed by atoms with Gasteiger partial charge in [0.25, 0.3) is 0 Å². The van der Waals surface area contributed by atoms with E-state index in [0.717, 1.165) is 25.0 Å². The fourth-order valence-corrected chi connectivity index (χ4v) is 3.98. The minimum Gasteiger partial charge on any atom is -0.381 e. The highest BCUT2D eigenvalue weighted by Crippen LogP contribution is 2.34. The van der Waals surface area contributed by atoms with Crippen LogP contribution in [0.25, 0.3) is 0 Å². The normalized spacial score (nSPS) is 28.3. The van der Waals surface area contributed by atoms with Gasteiger partial charge in [-0.05, 0) is 19.3 Å². The van der Waals surface area contributed by atoms with Gasteiger partial charge < -0.3 is 18.9 Å². The second-order valence-electron chi connectivity index (χ2n) is 6.59. The van der Waals surface area contributed by atoms with Gasteiger partial charge in [0, 0.05) is 44.9 Å². The van der Waals surface area contributed by atoms with Crippen LogP contribution in [0.4, 0.5) is 0 Å². The zero-order valence-corrected chi connectivity index (χ0v) is 14.1. The number of methoxy groups -OCH3 is 1. The number of rotatable bonds is 5. The van der Waals surface area contributed by atoms with Crippen molar-refractivity contribution in [3.05, 3.63) is 18.2 Å². The summed E-state index contributed by atoms with van der Waals surface area (Å²) < 4.78 is 13.3. The number of carbonyl (C=O) groups excluding carboxylic acids is 1. The molecule has 0 spiro atoms. The summed E-state index contributed by atoms with van der Waals surface area (Å²) in [5.41, 5.74) is 1.10. The van der Waals surface area contributed by atoms with Gasteiger partial charge in [0.1, 0.15) is 0 Å². The summed E-state index contributed by atoms with van der Waals surface area (Å²) in [6.07, 6.45) is 8.53. The quantitative estimate of drug-likeness (QED) is 0.822. The Morgan fingerprint density at radius 1 is 1.48 bits per heavy atom. The van der Waals surface area contributed by atoms with E-state index < -0.39 is 0 Å². The lowest BCUT2D eigenvalue weighted by Gasteiger charge is -2.40. The second-order valence-corrected chi connectivity index (χ2v) is 6.59. The van der Waals surface area contributed by atoms with E-state index in [0.29, 0.717) is 32.1 Å². The van der Waals surface area contributed by atoms with Gasteiger partial charge in [-0.15, -0.1) is 0 Å². The van der Waals surface area contributed by atoms with Crippen molar-refractivity contribution in [3.8, 4) is 0 Å². The van der Waals surface area contributed by atoms with Crippen LogP contribution in [0.3, 0.4) is 0 Å². The van der Waals surface area contributed by atoms with Crippen LogP contribution in [0.2, 0.25) is 0 Å². The summed E-state index contributed by atoms with van der Waals surface area (Å²) in [7, 11) is 3.74. The summed E-state index contributed by atoms with van der Waals surface area (Å²) in [5.74, 6) is 0.627. The van der Waals surface area contributed by atoms with Gasteiger partial charge in [-0.25, -0.2) is 4.98 Å². The first-order chi connectivity index (χ1) is 11.2. The number of imidazole rings is 1. The second kappa shape index (κ2) is 7.45. The van der Waals surface area contributed by atoms with E-state index in [1.807, 2.05) is 22.7 Å². The minimum atomic E-state index is 0.162. The van der Waals surface area contributed by atoms with Gasteiger partial charge in [0.2, 0.25) is 5.91 Å². The highest BCUT2D eigenvalue weighted by atomic mass is 16.5. The van der Waals surface area contributed by atoms with Gasteiger partial charge in [-0.3, -0.25) is 4.79 Å². The fourth-order valence-electron chi connectivity index (χ4n) is 3.98. The Bertz CT molecular complexity index is 531. The van der Waals surface area contributed by atoms with E-state index in [2.05, 4.69) is 4.98 Å². The number of hydrogen-bond acceptors (Lipinski definition) is 4. The molecule has 1 aliphatic carbocycles. The van der Waals surface area contributed by atoms with Crippen LogP contribution < -0.4 is 0 Å². The number of aromatic nitrogens is 2. The maximum Gasteiger partial charge on any atom is 0.223 e. The molecule has 6 heteroatoms. The Morgan fingerprint density at radius 3 is 3.09 bits per heavy atom. The third kappa shape index (κ3) is 3.58. The average Bonchev–Trinajstić information content (AvgIpc) is 3.21. The third-order valence-corrected chi connectivity index (χ3v) is 5.30. The SMILES string of the molecule is CO[C@@H]1CCC[C@H]1[C@H]1COCCN1C(=O)CCc1cncn1C. The molecule has 128 valence electrons. The largest absolute Gasteiger partial charge is 0.381 e. The molecule has 6 nitrogen and oxygen atoms in total. The minimum absolute atomic E-state index is 0.162. The van der Waals surface area contributed by atoms with E-state index in [-0.39, 0.29) is 18.1 Å². The molecule has 1 saturated heterocycles. The summed E-state index contributed by atoms with van der Waals surface area (Å²) in [6, 6.07) is 0.162. The lowest BCUT2D eigenvalue weighted by molar-refractivity contribution is -0.144. The molecule has 0 aromatic carbocycles. The summed E-state index contributed by atoms with van der Waals surface area (Å²) >= 11 is 0. The van der Waals surface area contributed by atoms with Crippen LogP contribution in [-0.4, -0.2) is 59.4 Å². The Balaban J connectivity index is 1.63. The Labute approximate surface area is 137 Å². The molecular formula is C17H27N3O3. The topological polar surface area (TPSA) is 56.6 Å². The van der Waals surface area contributed by atoms with Crippen LogP contribution in [0.1, 0.15) is 31.4 Å². The van der Waals surface area contributed by atoms with Crippen molar-refractivity contribution >= 4 is 5.91 Å². The van der Waals surface area contributed by atoms with Gasteiger partial charge in [0.05, 0.1) is 31.7 Å². The number of morpholine rings is 1. The fraction of sp³-hybridized carbons (Fsp3) is 0.765. The molecule has 1 aromatic rings. The van der Waals surface area contributed by atoms with E-state index in [4.69, 9.17) is 9.47 Å². The van der Waals surface area contributed by atoms with Crippen LogP contribution in [0, 0.1) is 5.92 Å². The third-order valence-electron chi connectivity index (χ3n) is 5.30. The number of amides is 1. The first-order valence-electron chi connectivity index (χ1n) is 8.56. The monoisotopic (exact) mass is 321 g/mol. The Kier molecular flexibility index (Phi) is 5.33. The summed E-state index contributed by atoms with van der Waals surface area (Å²) in [5, 5.41) is 0. The molecule has 2 heterocycles. The molecule has 1 saturated carbocycles. The lowest BCUT2D eigenvalue weighted by Crippen LogP contribution is -2.53. The number of aryl methyl sites for hydroxylation is 2. The zero-order valence-electron chi connectivity index (χ0n) is 14.1. The van der Waals surface area contributed by atoms with Crippen molar-refractivity contribution in [1.82, 2.24) is 14.5 Å². The van der Waals surface area contributed by atoms with Crippen LogP contribution >= 0.6 is 0 Å². The van der Waals surface area contributed by atoms with E-state index in [1.165, 1.54) is 6.42 Å². The van der Waals surface area contributed by atoms with E-state index >= 15 is 0 Å². The molecule has 0 radical (unpaired) electrons. The summed E-state index contributed by atoms with van der Waals surface area (Å²) in [4.78, 5) is 18.9. The van der Waals surface area contributed by atoms with Crippen molar-refractivity contribution in [2.75, 3.05) is 26.9 Å². The standard InChI is InChI=1S/C17H27N3O3/c1-19-12-18-10-13(19)6-7-17(21)20-8-9-23-11-15(20)14-4-3-5-16(14)22-2/h10,12,14-16H,3-9,11H2,1-2H3/t14-,15+,16+/m0/s1. The molecule has 2 fully saturated rings. The van der Waals surface area contributed by atoms with Crippen molar-refractivity contribution in [3.63, 3.8) is 0 Å². The number of ether oxygens (including phenoxy) is 2. The lowest BCUT2D eigenvalue weighted by atomic mass is 9.93. The van der Waals surface area contributed by atoms with Crippen molar-refractivity contribution in [2.24, 2.45) is 13.0 Å². The highest BCUT2D eigenvalue weighted by molar-refractivity contribution is 5.77. The number of hydrogen-bond donors (Lipinski definition) is 0. The Hall–Kier alpha value is -1.40. The van der Waals surface area contributed by atoms with Crippen molar-refractivity contribution in [1.29, 1.82) is 0 Å². The predicted molar refractivity (Wildman–Crippen MR) is 86.0 cm³/mol. The first kappa shape index (κ1) is 16.5. The zero-order chi connectivity index (χ0) is 16.2. The van der Waals surface area contributed by atoms with Crippen molar-refractivity contribution in [2.45, 2.75) is 44.2 Å². The first-order valence-corrected chi connectivity index (χ1v) is 8.56. The van der Waals surface area contributed by atoms with Crippen LogP contribution in [-0.2, 0) is 27.7 Å². The average molecular weight is 321 g/mol. The Morgan fingerprint density at radius 2 is 2.35 bits per heavy atom. The van der Waals surface area contributed by atoms with Crippen molar-refractivity contribution < 1.29 is 14.3 Å². The van der Waals surface area contributed by atoms with Crippen LogP contribution in [0.5, 0.6) is 0 Å². The molecule has 23 heavy (non-hydrogen) atoms. The van der Waals surface area contributed by atoms with Crippen LogP contribution in [0.15, 0.2) is 12.5 Å². The van der Waals surface area contributed by atoms with Gasteiger partial charge >= 0.3 is 0 Å². The number of carbonyl (C=O) groups is 1. The maximum absolute atomic E-state index is 12.8. The van der Waals surface area contributed by atoms with E-state index in [9.17, 15) is 4.79 Å².